The van der Waals surface area contributed by atoms with Gasteiger partial charge in [-0.25, -0.2) is 4.68 Å². The summed E-state index contributed by atoms with van der Waals surface area (Å²) in [6, 6.07) is 8.61. The van der Waals surface area contributed by atoms with E-state index >= 15 is 0 Å². The third-order valence-corrected chi connectivity index (χ3v) is 4.77. The number of nitrogens with one attached hydrogen (secondary N) is 1. The summed E-state index contributed by atoms with van der Waals surface area (Å²) in [6.07, 6.45) is 7.20. The van der Waals surface area contributed by atoms with Crippen molar-refractivity contribution in [3.8, 4) is 5.69 Å². The minimum absolute atomic E-state index is 1.05. The Morgan fingerprint density at radius 1 is 1.24 bits per heavy atom. The molecule has 0 atom stereocenters. The topological polar surface area (TPSA) is 29.9 Å². The summed E-state index contributed by atoms with van der Waals surface area (Å²) in [5.41, 5.74) is 3.89. The van der Waals surface area contributed by atoms with Gasteiger partial charge in [-0.15, -0.1) is 0 Å². The predicted octanol–water partition coefficient (Wildman–Crippen LogP) is 4.57. The number of nitrogens with zero attached hydrogens (tertiary/aromatic N) is 2. The van der Waals surface area contributed by atoms with Gasteiger partial charge < -0.3 is 5.32 Å². The van der Waals surface area contributed by atoms with Crippen molar-refractivity contribution in [3.05, 3.63) is 39.1 Å². The second kappa shape index (κ2) is 6.81. The first kappa shape index (κ1) is 14.9. The van der Waals surface area contributed by atoms with E-state index in [1.165, 1.54) is 46.3 Å². The number of rotatable bonds is 4. The monoisotopic (exact) mass is 395 g/mol. The lowest BCUT2D eigenvalue weighted by Crippen LogP contribution is -2.07. The molecule has 0 unspecified atom stereocenters. The molecule has 0 saturated heterocycles. The molecule has 112 valence electrons. The van der Waals surface area contributed by atoms with Crippen molar-refractivity contribution in [3.63, 3.8) is 0 Å². The van der Waals surface area contributed by atoms with Crippen molar-refractivity contribution in [2.24, 2.45) is 0 Å². The van der Waals surface area contributed by atoms with Crippen molar-refractivity contribution >= 4 is 28.4 Å². The Hall–Kier alpha value is -1.04. The van der Waals surface area contributed by atoms with Crippen LogP contribution < -0.4 is 5.32 Å². The van der Waals surface area contributed by atoms with Crippen LogP contribution in [0.2, 0.25) is 0 Å². The Bertz CT molecular complexity index is 601. The van der Waals surface area contributed by atoms with E-state index in [0.717, 1.165) is 25.1 Å². The third-order valence-electron chi connectivity index (χ3n) is 4.05. The maximum Gasteiger partial charge on any atom is 0.133 e. The highest BCUT2D eigenvalue weighted by Crippen LogP contribution is 2.29. The fourth-order valence-electron chi connectivity index (χ4n) is 2.89. The van der Waals surface area contributed by atoms with Crippen LogP contribution in [0.4, 0.5) is 5.82 Å². The van der Waals surface area contributed by atoms with Gasteiger partial charge in [0.15, 0.2) is 0 Å². The molecule has 2 heterocycles. The Morgan fingerprint density at radius 2 is 2.05 bits per heavy atom. The van der Waals surface area contributed by atoms with Crippen molar-refractivity contribution in [2.45, 2.75) is 45.4 Å². The molecule has 1 N–H and O–H groups in total. The summed E-state index contributed by atoms with van der Waals surface area (Å²) in [7, 11) is 0. The van der Waals surface area contributed by atoms with E-state index in [1.54, 1.807) is 0 Å². The minimum atomic E-state index is 1.05. The zero-order valence-electron chi connectivity index (χ0n) is 12.5. The number of hydrogen-bond acceptors (Lipinski definition) is 2. The molecule has 0 radical (unpaired) electrons. The highest BCUT2D eigenvalue weighted by atomic mass is 127. The number of hydrogen-bond donors (Lipinski definition) is 1. The molecule has 1 aliphatic heterocycles. The number of fused-ring (bicyclic) bond motifs is 1. The normalized spacial score (nSPS) is 14.4. The van der Waals surface area contributed by atoms with E-state index in [1.807, 2.05) is 0 Å². The molecule has 21 heavy (non-hydrogen) atoms. The second-order valence-corrected chi connectivity index (χ2v) is 6.90. The second-order valence-electron chi connectivity index (χ2n) is 5.65. The Labute approximate surface area is 140 Å². The molecule has 0 aliphatic carbocycles. The molecule has 0 fully saturated rings. The summed E-state index contributed by atoms with van der Waals surface area (Å²) >= 11 is 2.34. The van der Waals surface area contributed by atoms with Gasteiger partial charge in [-0.1, -0.05) is 13.3 Å². The molecule has 0 spiro atoms. The van der Waals surface area contributed by atoms with Gasteiger partial charge in [0, 0.05) is 15.7 Å². The van der Waals surface area contributed by atoms with Gasteiger partial charge in [-0.3, -0.25) is 0 Å². The number of aromatic nitrogens is 2. The van der Waals surface area contributed by atoms with E-state index < -0.39 is 0 Å². The Kier molecular flexibility index (Phi) is 4.83. The first-order valence-electron chi connectivity index (χ1n) is 7.90. The SMILES string of the molecule is CCCCc1nn(-c2ccc(I)cc2)c2c1CCCCN2. The molecule has 0 amide bonds. The maximum atomic E-state index is 4.92. The largest absolute Gasteiger partial charge is 0.370 e. The van der Waals surface area contributed by atoms with Crippen LogP contribution in [0.3, 0.4) is 0 Å². The third kappa shape index (κ3) is 3.25. The average Bonchev–Trinajstić information content (AvgIpc) is 2.68. The molecule has 4 heteroatoms. The Morgan fingerprint density at radius 3 is 2.81 bits per heavy atom. The van der Waals surface area contributed by atoms with Crippen LogP contribution >= 0.6 is 22.6 Å². The van der Waals surface area contributed by atoms with Gasteiger partial charge in [-0.05, 0) is 79.0 Å². The molecule has 1 aliphatic rings. The number of aryl methyl sites for hydroxylation is 1. The maximum absolute atomic E-state index is 4.92. The van der Waals surface area contributed by atoms with Crippen LogP contribution in [0.5, 0.6) is 0 Å². The smallest absolute Gasteiger partial charge is 0.133 e. The van der Waals surface area contributed by atoms with Crippen LogP contribution in [-0.2, 0) is 12.8 Å². The van der Waals surface area contributed by atoms with E-state index in [-0.39, 0.29) is 0 Å². The molecule has 0 saturated carbocycles. The molecule has 1 aromatic carbocycles. The fraction of sp³-hybridized carbons (Fsp3) is 0.471. The predicted molar refractivity (Wildman–Crippen MR) is 96.3 cm³/mol. The lowest BCUT2D eigenvalue weighted by molar-refractivity contribution is 0.728. The molecule has 3 nitrogen and oxygen atoms in total. The molecule has 0 bridgehead atoms. The van der Waals surface area contributed by atoms with Crippen LogP contribution in [0.15, 0.2) is 24.3 Å². The zero-order chi connectivity index (χ0) is 14.7. The van der Waals surface area contributed by atoms with Crippen LogP contribution in [-0.4, -0.2) is 16.3 Å². The molecule has 3 rings (SSSR count). The summed E-state index contributed by atoms with van der Waals surface area (Å²) in [4.78, 5) is 0. The van der Waals surface area contributed by atoms with Gasteiger partial charge in [0.25, 0.3) is 0 Å². The molecule has 2 aromatic rings. The van der Waals surface area contributed by atoms with E-state index in [2.05, 4.69) is 63.8 Å². The lowest BCUT2D eigenvalue weighted by Gasteiger charge is -2.09. The summed E-state index contributed by atoms with van der Waals surface area (Å²) < 4.78 is 3.37. The van der Waals surface area contributed by atoms with E-state index in [9.17, 15) is 0 Å². The van der Waals surface area contributed by atoms with Crippen molar-refractivity contribution < 1.29 is 0 Å². The van der Waals surface area contributed by atoms with Crippen LogP contribution in [0, 0.1) is 3.57 Å². The van der Waals surface area contributed by atoms with Gasteiger partial charge in [0.05, 0.1) is 11.4 Å². The van der Waals surface area contributed by atoms with Crippen molar-refractivity contribution in [1.29, 1.82) is 0 Å². The van der Waals surface area contributed by atoms with E-state index in [4.69, 9.17) is 5.10 Å². The Balaban J connectivity index is 2.02. The van der Waals surface area contributed by atoms with Gasteiger partial charge in [0.2, 0.25) is 0 Å². The summed E-state index contributed by atoms with van der Waals surface area (Å²) in [5, 5.41) is 8.52. The highest BCUT2D eigenvalue weighted by Gasteiger charge is 2.19. The first-order chi connectivity index (χ1) is 10.3. The summed E-state index contributed by atoms with van der Waals surface area (Å²) in [6.45, 7) is 3.29. The lowest BCUT2D eigenvalue weighted by atomic mass is 10.1. The average molecular weight is 395 g/mol. The van der Waals surface area contributed by atoms with E-state index in [0.29, 0.717) is 0 Å². The number of benzene rings is 1. The number of halogens is 1. The standard InChI is InChI=1S/C17H22IN3/c1-2-3-7-16-15-6-4-5-12-19-17(15)21(20-16)14-10-8-13(18)9-11-14/h8-11,19H,2-7,12H2,1H3. The number of anilines is 1. The number of unbranched alkanes of at least 4 members (excludes halogenated alkanes) is 1. The van der Waals surface area contributed by atoms with Gasteiger partial charge >= 0.3 is 0 Å². The quantitative estimate of drug-likeness (QED) is 0.769. The van der Waals surface area contributed by atoms with Crippen LogP contribution in [0.25, 0.3) is 5.69 Å². The fourth-order valence-corrected chi connectivity index (χ4v) is 3.25. The minimum Gasteiger partial charge on any atom is -0.370 e. The zero-order valence-corrected chi connectivity index (χ0v) is 14.7. The highest BCUT2D eigenvalue weighted by molar-refractivity contribution is 14.1. The van der Waals surface area contributed by atoms with Gasteiger partial charge in [0.1, 0.15) is 5.82 Å². The summed E-state index contributed by atoms with van der Waals surface area (Å²) in [5.74, 6) is 1.22. The van der Waals surface area contributed by atoms with Crippen molar-refractivity contribution in [1.82, 2.24) is 9.78 Å². The van der Waals surface area contributed by atoms with Crippen molar-refractivity contribution in [2.75, 3.05) is 11.9 Å². The molecule has 1 aromatic heterocycles. The van der Waals surface area contributed by atoms with Gasteiger partial charge in [-0.2, -0.15) is 5.10 Å². The first-order valence-corrected chi connectivity index (χ1v) is 8.98. The molecular weight excluding hydrogens is 373 g/mol. The van der Waals surface area contributed by atoms with Crippen LogP contribution in [0.1, 0.15) is 43.9 Å². The molecular formula is C17H22IN3.